The molecule has 1 saturated heterocycles. The molecule has 0 saturated carbocycles. The number of nitrogens with two attached hydrogens (primary N) is 1. The number of aldehydes is 1. The summed E-state index contributed by atoms with van der Waals surface area (Å²) in [6, 6.07) is 14.1. The first-order valence-corrected chi connectivity index (χ1v) is 12.5. The van der Waals surface area contributed by atoms with Crippen molar-refractivity contribution in [1.82, 2.24) is 10.3 Å². The molecule has 194 valence electrons. The molecule has 4 rings (SSSR count). The Hall–Kier alpha value is -4.11. The van der Waals surface area contributed by atoms with Gasteiger partial charge in [-0.1, -0.05) is 18.6 Å². The number of hydrogen-bond donors (Lipinski definition) is 4. The molecule has 2 aromatic carbocycles. The van der Waals surface area contributed by atoms with E-state index < -0.39 is 0 Å². The summed E-state index contributed by atoms with van der Waals surface area (Å²) in [6.07, 6.45) is 0.455. The number of carbonyl (C=O) groups excluding carboxylic acids is 1. The van der Waals surface area contributed by atoms with Crippen molar-refractivity contribution < 1.29 is 9.21 Å². The monoisotopic (exact) mass is 501 g/mol. The van der Waals surface area contributed by atoms with E-state index in [1.807, 2.05) is 38.1 Å². The van der Waals surface area contributed by atoms with Crippen molar-refractivity contribution in [3.05, 3.63) is 64.9 Å². The number of likely N-dealkylation sites (N-methyl/N-ethyl adjacent to an activating group) is 1. The Morgan fingerprint density at radius 2 is 1.84 bits per heavy atom. The molecule has 0 unspecified atom stereocenters. The van der Waals surface area contributed by atoms with Gasteiger partial charge in [-0.15, -0.1) is 0 Å². The number of rotatable bonds is 9. The lowest BCUT2D eigenvalue weighted by atomic mass is 10.0. The summed E-state index contributed by atoms with van der Waals surface area (Å²) in [5, 5.41) is 16.8. The number of benzene rings is 2. The molecule has 1 fully saturated rings. The Morgan fingerprint density at radius 1 is 1.14 bits per heavy atom. The topological polar surface area (TPSA) is 123 Å². The molecule has 2 heterocycles. The van der Waals surface area contributed by atoms with E-state index in [4.69, 9.17) is 15.6 Å². The second-order valence-electron chi connectivity index (χ2n) is 9.15. The Kier molecular flexibility index (Phi) is 7.93. The van der Waals surface area contributed by atoms with Crippen LogP contribution in [0.4, 0.5) is 11.4 Å². The highest BCUT2D eigenvalue weighted by Gasteiger charge is 2.24. The zero-order valence-electron chi connectivity index (χ0n) is 21.9. The molecule has 0 spiro atoms. The molecule has 1 aliphatic rings. The van der Waals surface area contributed by atoms with Crippen LogP contribution in [0.15, 0.2) is 57.6 Å². The van der Waals surface area contributed by atoms with Gasteiger partial charge in [-0.25, -0.2) is 0 Å². The zero-order chi connectivity index (χ0) is 26.5. The van der Waals surface area contributed by atoms with Crippen molar-refractivity contribution in [1.29, 1.82) is 5.41 Å². The summed E-state index contributed by atoms with van der Waals surface area (Å²) < 4.78 is 6.25. The smallest absolute Gasteiger partial charge is 0.168 e. The third-order valence-electron chi connectivity index (χ3n) is 6.77. The second-order valence-corrected chi connectivity index (χ2v) is 9.15. The van der Waals surface area contributed by atoms with Gasteiger partial charge in [0, 0.05) is 55.6 Å². The molecular weight excluding hydrogens is 466 g/mol. The van der Waals surface area contributed by atoms with Crippen LogP contribution < -0.4 is 21.4 Å². The highest BCUT2D eigenvalue weighted by atomic mass is 16.3. The SMILES string of the molecule is CCN1CCN(c2ccc(N/C(=C(C(=N)C=O)/C(N)=N\NC)c3oc4ccc(C)cc4c3C)cc2)CC1. The molecular formula is C28H35N7O2. The normalized spacial score (nSPS) is 15.5. The summed E-state index contributed by atoms with van der Waals surface area (Å²) in [6.45, 7) is 11.3. The standard InChI is InChI=1S/C28H35N7O2/c1-5-34-12-14-35(15-13-34)21-9-7-20(8-10-21)32-26(25(23(29)17-36)28(30)33-31-4)27-19(3)22-16-18(2)6-11-24(22)37-27/h6-11,16-17,29,31-32H,5,12-15H2,1-4H3,(H2,30,33)/b26-25+,29-23?. The number of hydrazone groups is 1. The van der Waals surface area contributed by atoms with Gasteiger partial charge in [-0.2, -0.15) is 5.10 Å². The first-order chi connectivity index (χ1) is 17.9. The molecule has 0 bridgehead atoms. The fraction of sp³-hybridized carbons (Fsp3) is 0.321. The minimum absolute atomic E-state index is 0.00329. The van der Waals surface area contributed by atoms with Crippen LogP contribution in [0.2, 0.25) is 0 Å². The first kappa shape index (κ1) is 26.0. The predicted octanol–water partition coefficient (Wildman–Crippen LogP) is 3.73. The van der Waals surface area contributed by atoms with Crippen LogP contribution in [0.5, 0.6) is 0 Å². The molecule has 9 heteroatoms. The van der Waals surface area contributed by atoms with Crippen LogP contribution in [0.1, 0.15) is 23.8 Å². The predicted molar refractivity (Wildman–Crippen MR) is 151 cm³/mol. The largest absolute Gasteiger partial charge is 0.454 e. The lowest BCUT2D eigenvalue weighted by Crippen LogP contribution is -2.46. The summed E-state index contributed by atoms with van der Waals surface area (Å²) in [4.78, 5) is 16.6. The average Bonchev–Trinajstić information content (AvgIpc) is 3.24. The van der Waals surface area contributed by atoms with Gasteiger partial charge in [0.15, 0.2) is 17.9 Å². The van der Waals surface area contributed by atoms with E-state index in [0.29, 0.717) is 23.3 Å². The third-order valence-corrected chi connectivity index (χ3v) is 6.77. The van der Waals surface area contributed by atoms with Crippen LogP contribution in [0.25, 0.3) is 16.7 Å². The van der Waals surface area contributed by atoms with Crippen LogP contribution in [0, 0.1) is 19.3 Å². The molecule has 1 aliphatic heterocycles. The zero-order valence-corrected chi connectivity index (χ0v) is 21.9. The summed E-state index contributed by atoms with van der Waals surface area (Å²) in [7, 11) is 1.61. The number of carbonyl (C=O) groups is 1. The number of furan rings is 1. The number of piperazine rings is 1. The lowest BCUT2D eigenvalue weighted by Gasteiger charge is -2.35. The van der Waals surface area contributed by atoms with Crippen LogP contribution in [0.3, 0.4) is 0 Å². The molecule has 9 nitrogen and oxygen atoms in total. The maximum Gasteiger partial charge on any atom is 0.168 e. The Bertz CT molecular complexity index is 1350. The van der Waals surface area contributed by atoms with Crippen molar-refractivity contribution in [2.75, 3.05) is 50.0 Å². The van der Waals surface area contributed by atoms with Gasteiger partial charge in [-0.05, 0) is 56.8 Å². The molecule has 0 amide bonds. The Balaban J connectivity index is 1.77. The number of hydrogen-bond acceptors (Lipinski definition) is 8. The van der Waals surface area contributed by atoms with Crippen molar-refractivity contribution in [2.24, 2.45) is 10.8 Å². The summed E-state index contributed by atoms with van der Waals surface area (Å²) in [5.74, 6) is 0.500. The van der Waals surface area contributed by atoms with E-state index in [-0.39, 0.29) is 17.1 Å². The van der Waals surface area contributed by atoms with E-state index in [2.05, 4.69) is 50.8 Å². The maximum absolute atomic E-state index is 11.8. The first-order valence-electron chi connectivity index (χ1n) is 12.5. The quantitative estimate of drug-likeness (QED) is 0.152. The minimum atomic E-state index is -0.305. The molecule has 0 aliphatic carbocycles. The van der Waals surface area contributed by atoms with Gasteiger partial charge >= 0.3 is 0 Å². The van der Waals surface area contributed by atoms with Crippen LogP contribution >= 0.6 is 0 Å². The van der Waals surface area contributed by atoms with Gasteiger partial charge in [-0.3, -0.25) is 10.2 Å². The van der Waals surface area contributed by atoms with E-state index in [0.717, 1.165) is 60.6 Å². The van der Waals surface area contributed by atoms with Gasteiger partial charge in [0.1, 0.15) is 11.3 Å². The van der Waals surface area contributed by atoms with Crippen molar-refractivity contribution >= 4 is 45.9 Å². The molecule has 0 radical (unpaired) electrons. The number of nitrogens with one attached hydrogen (secondary N) is 3. The summed E-state index contributed by atoms with van der Waals surface area (Å²) >= 11 is 0. The lowest BCUT2D eigenvalue weighted by molar-refractivity contribution is -0.102. The van der Waals surface area contributed by atoms with Gasteiger partial charge in [0.2, 0.25) is 0 Å². The van der Waals surface area contributed by atoms with Crippen molar-refractivity contribution in [2.45, 2.75) is 20.8 Å². The Morgan fingerprint density at radius 3 is 2.46 bits per heavy atom. The molecule has 0 atom stereocenters. The number of nitrogens with zero attached hydrogens (tertiary/aromatic N) is 3. The van der Waals surface area contributed by atoms with E-state index >= 15 is 0 Å². The average molecular weight is 502 g/mol. The fourth-order valence-electron chi connectivity index (χ4n) is 4.66. The van der Waals surface area contributed by atoms with Crippen molar-refractivity contribution in [3.8, 4) is 0 Å². The van der Waals surface area contributed by atoms with E-state index in [9.17, 15) is 4.79 Å². The van der Waals surface area contributed by atoms with Crippen molar-refractivity contribution in [3.63, 3.8) is 0 Å². The number of anilines is 2. The third kappa shape index (κ3) is 5.51. The molecule has 3 aromatic rings. The van der Waals surface area contributed by atoms with Crippen LogP contribution in [-0.2, 0) is 4.79 Å². The molecule has 5 N–H and O–H groups in total. The maximum atomic E-state index is 11.8. The summed E-state index contributed by atoms with van der Waals surface area (Å²) in [5.41, 5.74) is 13.8. The van der Waals surface area contributed by atoms with E-state index in [1.54, 1.807) is 7.05 Å². The minimum Gasteiger partial charge on any atom is -0.454 e. The van der Waals surface area contributed by atoms with E-state index in [1.165, 1.54) is 0 Å². The highest BCUT2D eigenvalue weighted by molar-refractivity contribution is 6.46. The highest BCUT2D eigenvalue weighted by Crippen LogP contribution is 2.34. The number of aryl methyl sites for hydroxylation is 2. The number of amidine groups is 1. The molecule has 37 heavy (non-hydrogen) atoms. The fourth-order valence-corrected chi connectivity index (χ4v) is 4.66. The number of fused-ring (bicyclic) bond motifs is 1. The molecule has 1 aromatic heterocycles. The Labute approximate surface area is 217 Å². The van der Waals surface area contributed by atoms with Gasteiger partial charge in [0.05, 0.1) is 11.3 Å². The van der Waals surface area contributed by atoms with Gasteiger partial charge in [0.25, 0.3) is 0 Å². The second kappa shape index (κ2) is 11.3. The van der Waals surface area contributed by atoms with Gasteiger partial charge < -0.3 is 30.7 Å². The van der Waals surface area contributed by atoms with Crippen LogP contribution in [-0.4, -0.2) is 62.5 Å².